The van der Waals surface area contributed by atoms with Crippen LogP contribution in [0, 0.1) is 0 Å². The molecular weight excluding hydrogens is 254 g/mol. The molecule has 0 saturated carbocycles. The molecule has 1 amide bonds. The van der Waals surface area contributed by atoms with Gasteiger partial charge in [0.1, 0.15) is 5.75 Å². The van der Waals surface area contributed by atoms with E-state index in [1.165, 1.54) is 0 Å². The van der Waals surface area contributed by atoms with Crippen LogP contribution in [0.25, 0.3) is 0 Å². The lowest BCUT2D eigenvalue weighted by Gasteiger charge is -2.35. The summed E-state index contributed by atoms with van der Waals surface area (Å²) in [5, 5.41) is 2.90. The number of nitrogens with zero attached hydrogens (tertiary/aromatic N) is 1. The zero-order chi connectivity index (χ0) is 14.5. The van der Waals surface area contributed by atoms with Crippen molar-refractivity contribution in [2.75, 3.05) is 25.5 Å². The first-order valence-electron chi connectivity index (χ1n) is 7.02. The van der Waals surface area contributed by atoms with E-state index in [4.69, 9.17) is 10.5 Å². The van der Waals surface area contributed by atoms with Crippen molar-refractivity contribution in [3.63, 3.8) is 0 Å². The van der Waals surface area contributed by atoms with Gasteiger partial charge in [-0.1, -0.05) is 6.07 Å². The number of rotatable bonds is 4. The van der Waals surface area contributed by atoms with Gasteiger partial charge in [0.05, 0.1) is 13.7 Å². The third-order valence-electron chi connectivity index (χ3n) is 3.75. The van der Waals surface area contributed by atoms with Gasteiger partial charge in [0.25, 0.3) is 0 Å². The average molecular weight is 277 g/mol. The fourth-order valence-electron chi connectivity index (χ4n) is 2.58. The maximum atomic E-state index is 12.1. The molecule has 2 atom stereocenters. The minimum atomic E-state index is 0.000532. The number of ether oxygens (including phenoxy) is 1. The minimum Gasteiger partial charge on any atom is -0.497 e. The standard InChI is InChI=1S/C15H23N3O2/c1-11-8-12(16)6-7-18(11)10-15(19)17-13-4-3-5-14(9-13)20-2/h3-5,9,11-12H,6-8,10,16H2,1-2H3,(H,17,19). The molecule has 0 radical (unpaired) electrons. The summed E-state index contributed by atoms with van der Waals surface area (Å²) in [5.41, 5.74) is 6.69. The van der Waals surface area contributed by atoms with Crippen molar-refractivity contribution in [2.24, 2.45) is 5.73 Å². The highest BCUT2D eigenvalue weighted by Gasteiger charge is 2.24. The number of hydrogen-bond acceptors (Lipinski definition) is 4. The summed E-state index contributed by atoms with van der Waals surface area (Å²) in [4.78, 5) is 14.3. The quantitative estimate of drug-likeness (QED) is 0.874. The van der Waals surface area contributed by atoms with E-state index in [9.17, 15) is 4.79 Å². The van der Waals surface area contributed by atoms with Gasteiger partial charge in [-0.2, -0.15) is 0 Å². The normalized spacial score (nSPS) is 23.4. The Morgan fingerprint density at radius 2 is 2.35 bits per heavy atom. The summed E-state index contributed by atoms with van der Waals surface area (Å²) in [7, 11) is 1.61. The molecule has 1 saturated heterocycles. The third kappa shape index (κ3) is 3.95. The second-order valence-corrected chi connectivity index (χ2v) is 5.38. The fourth-order valence-corrected chi connectivity index (χ4v) is 2.58. The molecule has 3 N–H and O–H groups in total. The molecule has 0 aromatic heterocycles. The molecule has 1 aliphatic rings. The Hall–Kier alpha value is -1.59. The van der Waals surface area contributed by atoms with Gasteiger partial charge >= 0.3 is 0 Å². The number of anilines is 1. The van der Waals surface area contributed by atoms with Crippen molar-refractivity contribution in [3.05, 3.63) is 24.3 Å². The highest BCUT2D eigenvalue weighted by molar-refractivity contribution is 5.92. The van der Waals surface area contributed by atoms with E-state index < -0.39 is 0 Å². The lowest BCUT2D eigenvalue weighted by molar-refractivity contribution is -0.118. The third-order valence-corrected chi connectivity index (χ3v) is 3.75. The topological polar surface area (TPSA) is 67.6 Å². The van der Waals surface area contributed by atoms with E-state index in [1.54, 1.807) is 7.11 Å². The van der Waals surface area contributed by atoms with Crippen LogP contribution >= 0.6 is 0 Å². The van der Waals surface area contributed by atoms with E-state index >= 15 is 0 Å². The maximum Gasteiger partial charge on any atom is 0.238 e. The Morgan fingerprint density at radius 1 is 1.55 bits per heavy atom. The summed E-state index contributed by atoms with van der Waals surface area (Å²) in [6.45, 7) is 3.41. The molecule has 1 heterocycles. The molecule has 1 aromatic rings. The first kappa shape index (κ1) is 14.8. The van der Waals surface area contributed by atoms with Crippen molar-refractivity contribution >= 4 is 11.6 Å². The van der Waals surface area contributed by atoms with Crippen LogP contribution < -0.4 is 15.8 Å². The molecule has 5 heteroatoms. The second kappa shape index (κ2) is 6.72. The van der Waals surface area contributed by atoms with Crippen LogP contribution in [0.1, 0.15) is 19.8 Å². The highest BCUT2D eigenvalue weighted by atomic mass is 16.5. The predicted molar refractivity (Wildman–Crippen MR) is 79.9 cm³/mol. The summed E-state index contributed by atoms with van der Waals surface area (Å²) in [6.07, 6.45) is 1.91. The number of likely N-dealkylation sites (tertiary alicyclic amines) is 1. The molecule has 1 aliphatic heterocycles. The van der Waals surface area contributed by atoms with Gasteiger partial charge in [0.15, 0.2) is 0 Å². The molecule has 1 aromatic carbocycles. The Morgan fingerprint density at radius 3 is 3.05 bits per heavy atom. The molecule has 20 heavy (non-hydrogen) atoms. The van der Waals surface area contributed by atoms with Gasteiger partial charge in [0.2, 0.25) is 5.91 Å². The molecule has 0 spiro atoms. The first-order valence-corrected chi connectivity index (χ1v) is 7.02. The molecule has 2 rings (SSSR count). The van der Waals surface area contributed by atoms with Crippen LogP contribution in [-0.4, -0.2) is 43.1 Å². The van der Waals surface area contributed by atoms with Crippen LogP contribution in [0.4, 0.5) is 5.69 Å². The van der Waals surface area contributed by atoms with Crippen molar-refractivity contribution < 1.29 is 9.53 Å². The lowest BCUT2D eigenvalue weighted by atomic mass is 9.99. The van der Waals surface area contributed by atoms with Gasteiger partial charge in [-0.3, -0.25) is 9.69 Å². The lowest BCUT2D eigenvalue weighted by Crippen LogP contribution is -2.48. The van der Waals surface area contributed by atoms with E-state index in [2.05, 4.69) is 17.1 Å². The first-order chi connectivity index (χ1) is 9.58. The van der Waals surface area contributed by atoms with Gasteiger partial charge in [0, 0.05) is 30.4 Å². The van der Waals surface area contributed by atoms with Crippen molar-refractivity contribution in [1.29, 1.82) is 0 Å². The number of methoxy groups -OCH3 is 1. The van der Waals surface area contributed by atoms with Crippen molar-refractivity contribution in [3.8, 4) is 5.75 Å². The number of carbonyl (C=O) groups excluding carboxylic acids is 1. The number of benzene rings is 1. The van der Waals surface area contributed by atoms with E-state index in [0.29, 0.717) is 12.6 Å². The fraction of sp³-hybridized carbons (Fsp3) is 0.533. The maximum absolute atomic E-state index is 12.1. The Labute approximate surface area is 120 Å². The largest absolute Gasteiger partial charge is 0.497 e. The van der Waals surface area contributed by atoms with E-state index in [1.807, 2.05) is 24.3 Å². The number of carbonyl (C=O) groups is 1. The highest BCUT2D eigenvalue weighted by Crippen LogP contribution is 2.18. The van der Waals surface area contributed by atoms with Gasteiger partial charge < -0.3 is 15.8 Å². The van der Waals surface area contributed by atoms with E-state index in [-0.39, 0.29) is 11.9 Å². The molecule has 0 aliphatic carbocycles. The number of nitrogens with two attached hydrogens (primary N) is 1. The molecule has 2 unspecified atom stereocenters. The monoisotopic (exact) mass is 277 g/mol. The van der Waals surface area contributed by atoms with Crippen LogP contribution in [0.3, 0.4) is 0 Å². The van der Waals surface area contributed by atoms with Gasteiger partial charge in [-0.05, 0) is 31.9 Å². The van der Waals surface area contributed by atoms with Crippen LogP contribution in [0.15, 0.2) is 24.3 Å². The Kier molecular flexibility index (Phi) is 4.98. The summed E-state index contributed by atoms with van der Waals surface area (Å²) in [5.74, 6) is 0.737. The van der Waals surface area contributed by atoms with Crippen molar-refractivity contribution in [1.82, 2.24) is 4.90 Å². The molecule has 1 fully saturated rings. The Bertz CT molecular complexity index is 464. The molecule has 110 valence electrons. The zero-order valence-corrected chi connectivity index (χ0v) is 12.1. The van der Waals surface area contributed by atoms with Crippen LogP contribution in [-0.2, 0) is 4.79 Å². The second-order valence-electron chi connectivity index (χ2n) is 5.38. The molecule has 0 bridgehead atoms. The summed E-state index contributed by atoms with van der Waals surface area (Å²) in [6, 6.07) is 8.00. The van der Waals surface area contributed by atoms with Crippen LogP contribution in [0.5, 0.6) is 5.75 Å². The SMILES string of the molecule is COc1cccc(NC(=O)CN2CCC(N)CC2C)c1. The van der Waals surface area contributed by atoms with Gasteiger partial charge in [-0.15, -0.1) is 0 Å². The molecule has 5 nitrogen and oxygen atoms in total. The predicted octanol–water partition coefficient (Wildman–Crippen LogP) is 1.45. The zero-order valence-electron chi connectivity index (χ0n) is 12.1. The smallest absolute Gasteiger partial charge is 0.238 e. The van der Waals surface area contributed by atoms with E-state index in [0.717, 1.165) is 30.8 Å². The van der Waals surface area contributed by atoms with Crippen molar-refractivity contribution in [2.45, 2.75) is 31.8 Å². The average Bonchev–Trinajstić information content (AvgIpc) is 2.42. The number of piperidine rings is 1. The van der Waals surface area contributed by atoms with Crippen LogP contribution in [0.2, 0.25) is 0 Å². The molecular formula is C15H23N3O2. The van der Waals surface area contributed by atoms with Gasteiger partial charge in [-0.25, -0.2) is 0 Å². The minimum absolute atomic E-state index is 0.000532. The number of nitrogens with one attached hydrogen (secondary N) is 1. The number of hydrogen-bond donors (Lipinski definition) is 2. The number of amides is 1. The Balaban J connectivity index is 1.88. The summed E-state index contributed by atoms with van der Waals surface area (Å²) < 4.78 is 5.14. The summed E-state index contributed by atoms with van der Waals surface area (Å²) >= 11 is 0.